The molecule has 0 saturated carbocycles. The highest BCUT2D eigenvalue weighted by Crippen LogP contribution is 2.22. The summed E-state index contributed by atoms with van der Waals surface area (Å²) in [5.74, 6) is 0.479. The number of nitrogens with zero attached hydrogens (tertiary/aromatic N) is 2. The lowest BCUT2D eigenvalue weighted by molar-refractivity contribution is -0.123. The van der Waals surface area contributed by atoms with Crippen LogP contribution in [0.3, 0.4) is 0 Å². The van der Waals surface area contributed by atoms with E-state index in [-0.39, 0.29) is 18.6 Å². The Morgan fingerprint density at radius 3 is 2.69 bits per heavy atom. The summed E-state index contributed by atoms with van der Waals surface area (Å²) in [4.78, 5) is 16.2. The van der Waals surface area contributed by atoms with Crippen molar-refractivity contribution in [3.8, 4) is 11.4 Å². The van der Waals surface area contributed by atoms with Crippen molar-refractivity contribution in [2.75, 3.05) is 6.61 Å². The standard InChI is InChI=1S/C20H20ClN3O2/c1-14-11-17(21)5-8-19(14)26-12-20(25)23-15(2)16-3-6-18(7-4-16)24-10-9-22-13-24/h3-11,13,15H,12H2,1-2H3,(H,23,25). The summed E-state index contributed by atoms with van der Waals surface area (Å²) >= 11 is 5.92. The monoisotopic (exact) mass is 369 g/mol. The number of amides is 1. The molecule has 1 aromatic heterocycles. The van der Waals surface area contributed by atoms with E-state index < -0.39 is 0 Å². The quantitative estimate of drug-likeness (QED) is 0.712. The van der Waals surface area contributed by atoms with Crippen LogP contribution in [0.15, 0.2) is 61.2 Å². The first-order chi connectivity index (χ1) is 12.5. The fourth-order valence-electron chi connectivity index (χ4n) is 2.63. The Hall–Kier alpha value is -2.79. The molecule has 0 aliphatic carbocycles. The Balaban J connectivity index is 1.55. The van der Waals surface area contributed by atoms with E-state index in [4.69, 9.17) is 16.3 Å². The molecule has 6 heteroatoms. The van der Waals surface area contributed by atoms with Crippen LogP contribution in [0.5, 0.6) is 5.75 Å². The SMILES string of the molecule is Cc1cc(Cl)ccc1OCC(=O)NC(C)c1ccc(-n2ccnc2)cc1. The van der Waals surface area contributed by atoms with Crippen molar-refractivity contribution in [2.45, 2.75) is 19.9 Å². The van der Waals surface area contributed by atoms with Crippen LogP contribution >= 0.6 is 11.6 Å². The minimum Gasteiger partial charge on any atom is -0.484 e. The third kappa shape index (κ3) is 4.43. The topological polar surface area (TPSA) is 56.1 Å². The average Bonchev–Trinajstić information content (AvgIpc) is 3.16. The van der Waals surface area contributed by atoms with Gasteiger partial charge in [0.05, 0.1) is 12.4 Å². The summed E-state index contributed by atoms with van der Waals surface area (Å²) in [5, 5.41) is 3.59. The molecular formula is C20H20ClN3O2. The van der Waals surface area contributed by atoms with Gasteiger partial charge in [-0.1, -0.05) is 23.7 Å². The minimum absolute atomic E-state index is 0.0417. The Kier molecular flexibility index (Phi) is 5.58. The molecule has 134 valence electrons. The van der Waals surface area contributed by atoms with Crippen molar-refractivity contribution in [3.05, 3.63) is 77.3 Å². The molecule has 1 amide bonds. The van der Waals surface area contributed by atoms with E-state index in [1.165, 1.54) is 0 Å². The fraction of sp³-hybridized carbons (Fsp3) is 0.200. The van der Waals surface area contributed by atoms with Crippen LogP contribution in [0.25, 0.3) is 5.69 Å². The predicted octanol–water partition coefficient (Wildman–Crippen LogP) is 4.09. The molecule has 3 rings (SSSR count). The van der Waals surface area contributed by atoms with Gasteiger partial charge in [-0.2, -0.15) is 0 Å². The lowest BCUT2D eigenvalue weighted by Crippen LogP contribution is -2.31. The first-order valence-electron chi connectivity index (χ1n) is 8.29. The maximum atomic E-state index is 12.2. The van der Waals surface area contributed by atoms with Gasteiger partial charge in [-0.25, -0.2) is 4.98 Å². The van der Waals surface area contributed by atoms with Gasteiger partial charge in [-0.15, -0.1) is 0 Å². The van der Waals surface area contributed by atoms with Gasteiger partial charge in [0.25, 0.3) is 5.91 Å². The molecule has 5 nitrogen and oxygen atoms in total. The zero-order chi connectivity index (χ0) is 18.5. The predicted molar refractivity (Wildman–Crippen MR) is 102 cm³/mol. The van der Waals surface area contributed by atoms with Gasteiger partial charge in [-0.3, -0.25) is 4.79 Å². The van der Waals surface area contributed by atoms with Crippen LogP contribution in [-0.2, 0) is 4.79 Å². The summed E-state index contributed by atoms with van der Waals surface area (Å²) in [5.41, 5.74) is 2.93. The van der Waals surface area contributed by atoms with Gasteiger partial charge < -0.3 is 14.6 Å². The molecule has 26 heavy (non-hydrogen) atoms. The largest absolute Gasteiger partial charge is 0.484 e. The molecule has 3 aromatic rings. The van der Waals surface area contributed by atoms with Crippen molar-refractivity contribution < 1.29 is 9.53 Å². The van der Waals surface area contributed by atoms with Gasteiger partial charge in [0.1, 0.15) is 5.75 Å². The third-order valence-electron chi connectivity index (χ3n) is 4.07. The molecule has 1 heterocycles. The van der Waals surface area contributed by atoms with Gasteiger partial charge in [0, 0.05) is 23.1 Å². The fourth-order valence-corrected chi connectivity index (χ4v) is 2.86. The molecule has 1 unspecified atom stereocenters. The number of rotatable bonds is 6. The molecule has 0 bridgehead atoms. The summed E-state index contributed by atoms with van der Waals surface area (Å²) in [6, 6.07) is 13.2. The molecule has 0 spiro atoms. The first-order valence-corrected chi connectivity index (χ1v) is 8.67. The minimum atomic E-state index is -0.175. The van der Waals surface area contributed by atoms with E-state index in [1.54, 1.807) is 30.7 Å². The summed E-state index contributed by atoms with van der Waals surface area (Å²) < 4.78 is 7.50. The lowest BCUT2D eigenvalue weighted by atomic mass is 10.1. The number of aromatic nitrogens is 2. The van der Waals surface area contributed by atoms with E-state index in [2.05, 4.69) is 10.3 Å². The highest BCUT2D eigenvalue weighted by molar-refractivity contribution is 6.30. The van der Waals surface area contributed by atoms with E-state index in [1.807, 2.05) is 48.9 Å². The number of imidazole rings is 1. The van der Waals surface area contributed by atoms with E-state index in [0.29, 0.717) is 10.8 Å². The number of halogens is 1. The second-order valence-electron chi connectivity index (χ2n) is 6.05. The summed E-state index contributed by atoms with van der Waals surface area (Å²) in [7, 11) is 0. The van der Waals surface area contributed by atoms with Crippen molar-refractivity contribution >= 4 is 17.5 Å². The Morgan fingerprint density at radius 1 is 1.27 bits per heavy atom. The normalized spacial score (nSPS) is 11.8. The van der Waals surface area contributed by atoms with Crippen LogP contribution in [0.2, 0.25) is 5.02 Å². The zero-order valence-electron chi connectivity index (χ0n) is 14.6. The molecule has 0 radical (unpaired) electrons. The Morgan fingerprint density at radius 2 is 2.04 bits per heavy atom. The van der Waals surface area contributed by atoms with Crippen molar-refractivity contribution in [2.24, 2.45) is 0 Å². The van der Waals surface area contributed by atoms with Gasteiger partial charge in [0.15, 0.2) is 6.61 Å². The number of ether oxygens (including phenoxy) is 1. The van der Waals surface area contributed by atoms with Crippen molar-refractivity contribution in [3.63, 3.8) is 0 Å². The third-order valence-corrected chi connectivity index (χ3v) is 4.30. The number of hydrogen-bond donors (Lipinski definition) is 1. The van der Waals surface area contributed by atoms with Crippen LogP contribution in [0, 0.1) is 6.92 Å². The molecule has 0 aliphatic rings. The van der Waals surface area contributed by atoms with Crippen molar-refractivity contribution in [1.82, 2.24) is 14.9 Å². The van der Waals surface area contributed by atoms with E-state index >= 15 is 0 Å². The molecule has 2 aromatic carbocycles. The van der Waals surface area contributed by atoms with Crippen molar-refractivity contribution in [1.29, 1.82) is 0 Å². The van der Waals surface area contributed by atoms with Gasteiger partial charge in [-0.05, 0) is 55.3 Å². The molecule has 0 saturated heterocycles. The van der Waals surface area contributed by atoms with Crippen LogP contribution in [0.4, 0.5) is 0 Å². The highest BCUT2D eigenvalue weighted by Gasteiger charge is 2.11. The first kappa shape index (κ1) is 18.0. The smallest absolute Gasteiger partial charge is 0.258 e. The molecule has 0 aliphatic heterocycles. The molecular weight excluding hydrogens is 350 g/mol. The highest BCUT2D eigenvalue weighted by atomic mass is 35.5. The molecule has 1 atom stereocenters. The van der Waals surface area contributed by atoms with Crippen LogP contribution in [-0.4, -0.2) is 22.1 Å². The summed E-state index contributed by atoms with van der Waals surface area (Å²) in [6.07, 6.45) is 5.37. The Labute approximate surface area is 157 Å². The lowest BCUT2D eigenvalue weighted by Gasteiger charge is -2.16. The van der Waals surface area contributed by atoms with Crippen LogP contribution < -0.4 is 10.1 Å². The maximum absolute atomic E-state index is 12.2. The zero-order valence-corrected chi connectivity index (χ0v) is 15.4. The molecule has 1 N–H and O–H groups in total. The molecule has 0 fully saturated rings. The van der Waals surface area contributed by atoms with Gasteiger partial charge in [0.2, 0.25) is 0 Å². The van der Waals surface area contributed by atoms with Crippen LogP contribution in [0.1, 0.15) is 24.1 Å². The number of hydrogen-bond acceptors (Lipinski definition) is 3. The second kappa shape index (κ2) is 8.06. The van der Waals surface area contributed by atoms with E-state index in [9.17, 15) is 4.79 Å². The number of aryl methyl sites for hydroxylation is 1. The number of nitrogens with one attached hydrogen (secondary N) is 1. The average molecular weight is 370 g/mol. The number of carbonyl (C=O) groups excluding carboxylic acids is 1. The van der Waals surface area contributed by atoms with Gasteiger partial charge >= 0.3 is 0 Å². The van der Waals surface area contributed by atoms with E-state index in [0.717, 1.165) is 16.8 Å². The maximum Gasteiger partial charge on any atom is 0.258 e. The second-order valence-corrected chi connectivity index (χ2v) is 6.49. The summed E-state index contributed by atoms with van der Waals surface area (Å²) in [6.45, 7) is 3.79. The number of carbonyl (C=O) groups is 1. The number of benzene rings is 2. The Bertz CT molecular complexity index is 877.